The summed E-state index contributed by atoms with van der Waals surface area (Å²) in [6, 6.07) is 2.69. The van der Waals surface area contributed by atoms with E-state index in [1.165, 1.54) is 17.7 Å². The third kappa shape index (κ3) is 2.43. The molecule has 19 heavy (non-hydrogen) atoms. The van der Waals surface area contributed by atoms with E-state index in [9.17, 15) is 0 Å². The Morgan fingerprint density at radius 1 is 1.37 bits per heavy atom. The Labute approximate surface area is 122 Å². The molecule has 2 aromatic rings. The van der Waals surface area contributed by atoms with Crippen molar-refractivity contribution < 1.29 is 0 Å². The van der Waals surface area contributed by atoms with Crippen molar-refractivity contribution in [3.05, 3.63) is 16.2 Å². The van der Waals surface area contributed by atoms with Crippen molar-refractivity contribution in [3.8, 4) is 0 Å². The maximum atomic E-state index is 6.09. The number of thiophene rings is 1. The molecule has 2 unspecified atom stereocenters. The summed E-state index contributed by atoms with van der Waals surface area (Å²) in [5.41, 5.74) is 0. The number of rotatable bonds is 1. The second-order valence-electron chi connectivity index (χ2n) is 5.56. The molecule has 0 amide bonds. The minimum Gasteiger partial charge on any atom is -0.353 e. The fourth-order valence-electron chi connectivity index (χ4n) is 2.94. The Hall–Kier alpha value is -0.870. The standard InChI is InChI=1S/C14H18ClN3S/c1-8-4-5-18(9(2)6-8)12-11-7-10(3)19-13(11)17-14(15)16-12/h7-9H,4-6H2,1-3H3. The molecule has 0 aliphatic carbocycles. The van der Waals surface area contributed by atoms with Crippen LogP contribution in [0, 0.1) is 12.8 Å². The highest BCUT2D eigenvalue weighted by atomic mass is 35.5. The molecule has 0 aromatic carbocycles. The number of aryl methyl sites for hydroxylation is 1. The Morgan fingerprint density at radius 3 is 2.89 bits per heavy atom. The van der Waals surface area contributed by atoms with Crippen LogP contribution in [0.4, 0.5) is 5.82 Å². The summed E-state index contributed by atoms with van der Waals surface area (Å²) in [4.78, 5) is 13.5. The minimum atomic E-state index is 0.357. The van der Waals surface area contributed by atoms with Crippen LogP contribution < -0.4 is 4.90 Å². The first-order chi connectivity index (χ1) is 9.04. The zero-order valence-corrected chi connectivity index (χ0v) is 13.1. The van der Waals surface area contributed by atoms with Crippen molar-refractivity contribution in [2.45, 2.75) is 39.7 Å². The Kier molecular flexibility index (Phi) is 3.39. The van der Waals surface area contributed by atoms with Crippen molar-refractivity contribution in [3.63, 3.8) is 0 Å². The van der Waals surface area contributed by atoms with Gasteiger partial charge >= 0.3 is 0 Å². The third-order valence-electron chi connectivity index (χ3n) is 3.88. The summed E-state index contributed by atoms with van der Waals surface area (Å²) < 4.78 is 0. The highest BCUT2D eigenvalue weighted by Gasteiger charge is 2.26. The summed E-state index contributed by atoms with van der Waals surface area (Å²) in [7, 11) is 0. The number of piperidine rings is 1. The molecule has 3 nitrogen and oxygen atoms in total. The lowest BCUT2D eigenvalue weighted by Crippen LogP contribution is -2.40. The lowest BCUT2D eigenvalue weighted by Gasteiger charge is -2.37. The molecular weight excluding hydrogens is 278 g/mol. The third-order valence-corrected chi connectivity index (χ3v) is 4.99. The predicted molar refractivity (Wildman–Crippen MR) is 82.4 cm³/mol. The van der Waals surface area contributed by atoms with Crippen molar-refractivity contribution in [1.29, 1.82) is 0 Å². The van der Waals surface area contributed by atoms with Crippen molar-refractivity contribution in [2.24, 2.45) is 5.92 Å². The number of hydrogen-bond acceptors (Lipinski definition) is 4. The molecule has 5 heteroatoms. The monoisotopic (exact) mass is 295 g/mol. The van der Waals surface area contributed by atoms with Gasteiger partial charge in [0.15, 0.2) is 0 Å². The summed E-state index contributed by atoms with van der Waals surface area (Å²) in [5.74, 6) is 1.81. The predicted octanol–water partition coefficient (Wildman–Crippen LogP) is 4.28. The van der Waals surface area contributed by atoms with Gasteiger partial charge in [0.1, 0.15) is 10.6 Å². The molecular formula is C14H18ClN3S. The van der Waals surface area contributed by atoms with Gasteiger partial charge in [-0.1, -0.05) is 6.92 Å². The Bertz CT molecular complexity index is 610. The van der Waals surface area contributed by atoms with Crippen LogP contribution in [-0.2, 0) is 0 Å². The van der Waals surface area contributed by atoms with Crippen LogP contribution in [0.1, 0.15) is 31.6 Å². The lowest BCUT2D eigenvalue weighted by molar-refractivity contribution is 0.376. The van der Waals surface area contributed by atoms with Gasteiger partial charge in [0.25, 0.3) is 0 Å². The van der Waals surface area contributed by atoms with E-state index in [0.29, 0.717) is 11.3 Å². The smallest absolute Gasteiger partial charge is 0.225 e. The van der Waals surface area contributed by atoms with Crippen LogP contribution in [0.5, 0.6) is 0 Å². The topological polar surface area (TPSA) is 29.0 Å². The van der Waals surface area contributed by atoms with Crippen LogP contribution in [0.15, 0.2) is 6.07 Å². The van der Waals surface area contributed by atoms with Gasteiger partial charge < -0.3 is 4.90 Å². The quantitative estimate of drug-likeness (QED) is 0.735. The van der Waals surface area contributed by atoms with Crippen LogP contribution >= 0.6 is 22.9 Å². The van der Waals surface area contributed by atoms with Crippen molar-refractivity contribution in [2.75, 3.05) is 11.4 Å². The van der Waals surface area contributed by atoms with E-state index in [1.807, 2.05) is 0 Å². The second kappa shape index (κ2) is 4.91. The van der Waals surface area contributed by atoms with Gasteiger partial charge in [0.05, 0.1) is 5.39 Å². The molecule has 1 aliphatic heterocycles. The highest BCUT2D eigenvalue weighted by Crippen LogP contribution is 2.35. The molecule has 0 saturated carbocycles. The number of anilines is 1. The van der Waals surface area contributed by atoms with Crippen LogP contribution in [-0.4, -0.2) is 22.6 Å². The summed E-state index contributed by atoms with van der Waals surface area (Å²) in [6.07, 6.45) is 2.43. The average molecular weight is 296 g/mol. The fourth-order valence-corrected chi connectivity index (χ4v) is 4.03. The van der Waals surface area contributed by atoms with Gasteiger partial charge in [-0.3, -0.25) is 0 Å². The fraction of sp³-hybridized carbons (Fsp3) is 0.571. The van der Waals surface area contributed by atoms with E-state index in [1.54, 1.807) is 11.3 Å². The van der Waals surface area contributed by atoms with E-state index in [-0.39, 0.29) is 0 Å². The van der Waals surface area contributed by atoms with Gasteiger partial charge in [-0.25, -0.2) is 4.98 Å². The molecule has 1 saturated heterocycles. The van der Waals surface area contributed by atoms with Crippen LogP contribution in [0.3, 0.4) is 0 Å². The molecule has 3 heterocycles. The summed E-state index contributed by atoms with van der Waals surface area (Å²) in [6.45, 7) is 7.76. The first-order valence-corrected chi connectivity index (χ1v) is 7.94. The van der Waals surface area contributed by atoms with Crippen molar-refractivity contribution in [1.82, 2.24) is 9.97 Å². The highest BCUT2D eigenvalue weighted by molar-refractivity contribution is 7.18. The SMILES string of the molecule is Cc1cc2c(N3CCC(C)CC3C)nc(Cl)nc2s1. The van der Waals surface area contributed by atoms with Gasteiger partial charge in [-0.05, 0) is 50.3 Å². The number of fused-ring (bicyclic) bond motifs is 1. The first-order valence-electron chi connectivity index (χ1n) is 6.75. The molecule has 0 radical (unpaired) electrons. The van der Waals surface area contributed by atoms with Crippen LogP contribution in [0.2, 0.25) is 5.28 Å². The maximum absolute atomic E-state index is 6.09. The molecule has 2 atom stereocenters. The van der Waals surface area contributed by atoms with E-state index in [4.69, 9.17) is 11.6 Å². The Morgan fingerprint density at radius 2 is 2.16 bits per heavy atom. The molecule has 0 bridgehead atoms. The van der Waals surface area contributed by atoms with E-state index in [0.717, 1.165) is 28.5 Å². The second-order valence-corrected chi connectivity index (χ2v) is 7.14. The zero-order valence-electron chi connectivity index (χ0n) is 11.5. The zero-order chi connectivity index (χ0) is 13.6. The minimum absolute atomic E-state index is 0.357. The molecule has 0 N–H and O–H groups in total. The van der Waals surface area contributed by atoms with E-state index >= 15 is 0 Å². The first kappa shape index (κ1) is 13.1. The number of aromatic nitrogens is 2. The molecule has 1 aliphatic rings. The van der Waals surface area contributed by atoms with E-state index in [2.05, 4.69) is 41.7 Å². The number of nitrogens with zero attached hydrogens (tertiary/aromatic N) is 3. The molecule has 0 spiro atoms. The number of hydrogen-bond donors (Lipinski definition) is 0. The molecule has 2 aromatic heterocycles. The number of halogens is 1. The van der Waals surface area contributed by atoms with Gasteiger partial charge in [0.2, 0.25) is 5.28 Å². The lowest BCUT2D eigenvalue weighted by atomic mass is 9.93. The largest absolute Gasteiger partial charge is 0.353 e. The van der Waals surface area contributed by atoms with Gasteiger partial charge in [0, 0.05) is 17.5 Å². The molecule has 1 fully saturated rings. The normalized spacial score (nSPS) is 24.1. The van der Waals surface area contributed by atoms with E-state index < -0.39 is 0 Å². The van der Waals surface area contributed by atoms with Crippen LogP contribution in [0.25, 0.3) is 10.2 Å². The maximum Gasteiger partial charge on any atom is 0.225 e. The Balaban J connectivity index is 2.08. The average Bonchev–Trinajstić information content (AvgIpc) is 2.68. The molecule has 3 rings (SSSR count). The summed E-state index contributed by atoms with van der Waals surface area (Å²) >= 11 is 7.77. The van der Waals surface area contributed by atoms with Crippen molar-refractivity contribution >= 4 is 39.0 Å². The van der Waals surface area contributed by atoms with Gasteiger partial charge in [-0.15, -0.1) is 11.3 Å². The molecule has 102 valence electrons. The van der Waals surface area contributed by atoms with Gasteiger partial charge in [-0.2, -0.15) is 4.98 Å². The summed E-state index contributed by atoms with van der Waals surface area (Å²) in [5, 5.41) is 1.50.